The third kappa shape index (κ3) is 18.2. The van der Waals surface area contributed by atoms with Crippen LogP contribution in [0, 0.1) is 0 Å². The van der Waals surface area contributed by atoms with E-state index in [9.17, 15) is 4.79 Å². The molecule has 0 aliphatic rings. The fourth-order valence-electron chi connectivity index (χ4n) is 1.97. The van der Waals surface area contributed by atoms with E-state index in [0.29, 0.717) is 13.0 Å². The van der Waals surface area contributed by atoms with E-state index in [0.717, 1.165) is 44.9 Å². The maximum atomic E-state index is 11.1. The van der Waals surface area contributed by atoms with Crippen LogP contribution in [-0.2, 0) is 9.53 Å². The summed E-state index contributed by atoms with van der Waals surface area (Å²) in [5.74, 6) is -0.0927. The summed E-state index contributed by atoms with van der Waals surface area (Å²) < 4.78 is 4.88. The molecule has 134 valence electrons. The Balaban J connectivity index is 3.48. The van der Waals surface area contributed by atoms with Gasteiger partial charge in [-0.2, -0.15) is 0 Å². The van der Waals surface area contributed by atoms with Crippen LogP contribution in [0.3, 0.4) is 0 Å². The van der Waals surface area contributed by atoms with Gasteiger partial charge in [0.15, 0.2) is 0 Å². The summed E-state index contributed by atoms with van der Waals surface area (Å²) in [5, 5.41) is 0. The average Bonchev–Trinajstić information content (AvgIpc) is 2.58. The van der Waals surface area contributed by atoms with Crippen LogP contribution in [0.15, 0.2) is 60.8 Å². The lowest BCUT2D eigenvalue weighted by Gasteiger charge is -1.98. The first-order chi connectivity index (χ1) is 11.8. The van der Waals surface area contributed by atoms with Crippen molar-refractivity contribution >= 4 is 5.97 Å². The maximum Gasteiger partial charge on any atom is 0.305 e. The third-order valence-corrected chi connectivity index (χ3v) is 3.21. The zero-order valence-electron chi connectivity index (χ0n) is 15.5. The second kappa shape index (κ2) is 19.2. The number of carbonyl (C=O) groups is 1. The van der Waals surface area contributed by atoms with Gasteiger partial charge in [0.05, 0.1) is 6.61 Å². The van der Waals surface area contributed by atoms with E-state index < -0.39 is 0 Å². The fraction of sp³-hybridized carbons (Fsp3) is 0.500. The minimum atomic E-state index is -0.0927. The Morgan fingerprint density at radius 1 is 0.708 bits per heavy atom. The quantitative estimate of drug-likeness (QED) is 0.207. The monoisotopic (exact) mass is 330 g/mol. The number of carbonyl (C=O) groups excluding carboxylic acids is 1. The molecule has 2 nitrogen and oxygen atoms in total. The smallest absolute Gasteiger partial charge is 0.305 e. The summed E-state index contributed by atoms with van der Waals surface area (Å²) in [6.07, 6.45) is 29.3. The second-order valence-corrected chi connectivity index (χ2v) is 5.41. The van der Waals surface area contributed by atoms with E-state index in [1.54, 1.807) is 0 Å². The molecule has 2 heteroatoms. The van der Waals surface area contributed by atoms with Crippen molar-refractivity contribution < 1.29 is 9.53 Å². The van der Waals surface area contributed by atoms with Gasteiger partial charge in [0.1, 0.15) is 0 Å². The number of rotatable bonds is 14. The van der Waals surface area contributed by atoms with Crippen molar-refractivity contribution in [1.29, 1.82) is 0 Å². The highest BCUT2D eigenvalue weighted by Gasteiger charge is 1.98. The number of hydrogen-bond acceptors (Lipinski definition) is 2. The summed E-state index contributed by atoms with van der Waals surface area (Å²) in [7, 11) is 0. The first kappa shape index (κ1) is 22.2. The molecule has 0 saturated carbocycles. The van der Waals surface area contributed by atoms with Crippen molar-refractivity contribution in [2.24, 2.45) is 0 Å². The lowest BCUT2D eigenvalue weighted by molar-refractivity contribution is -0.143. The van der Waals surface area contributed by atoms with Crippen molar-refractivity contribution in [2.75, 3.05) is 6.61 Å². The predicted molar refractivity (Wildman–Crippen MR) is 105 cm³/mol. The van der Waals surface area contributed by atoms with E-state index in [1.165, 1.54) is 0 Å². The maximum absolute atomic E-state index is 11.1. The molecule has 0 aromatic carbocycles. The van der Waals surface area contributed by atoms with Gasteiger partial charge in [-0.3, -0.25) is 4.79 Å². The third-order valence-electron chi connectivity index (χ3n) is 3.21. The summed E-state index contributed by atoms with van der Waals surface area (Å²) >= 11 is 0. The summed E-state index contributed by atoms with van der Waals surface area (Å²) in [6.45, 7) is 4.46. The van der Waals surface area contributed by atoms with Crippen LogP contribution in [0.1, 0.15) is 65.2 Å². The van der Waals surface area contributed by atoms with Gasteiger partial charge in [0.25, 0.3) is 0 Å². The number of hydrogen-bond donors (Lipinski definition) is 0. The lowest BCUT2D eigenvalue weighted by atomic mass is 10.2. The summed E-state index contributed by atoms with van der Waals surface area (Å²) in [5.41, 5.74) is 0. The average molecular weight is 331 g/mol. The minimum Gasteiger partial charge on any atom is -0.466 e. The Morgan fingerprint density at radius 3 is 1.62 bits per heavy atom. The highest BCUT2D eigenvalue weighted by Crippen LogP contribution is 2.00. The molecule has 0 saturated heterocycles. The van der Waals surface area contributed by atoms with Crippen molar-refractivity contribution in [2.45, 2.75) is 65.2 Å². The van der Waals surface area contributed by atoms with E-state index in [2.05, 4.69) is 67.7 Å². The van der Waals surface area contributed by atoms with Crippen molar-refractivity contribution in [3.05, 3.63) is 60.8 Å². The van der Waals surface area contributed by atoms with Gasteiger partial charge < -0.3 is 4.74 Å². The number of allylic oxidation sites excluding steroid dienone is 10. The molecule has 0 aliphatic carbocycles. The van der Waals surface area contributed by atoms with Gasteiger partial charge in [-0.15, -0.1) is 0 Å². The molecule has 0 atom stereocenters. The molecule has 0 fully saturated rings. The molecule has 0 heterocycles. The zero-order chi connectivity index (χ0) is 17.7. The van der Waals surface area contributed by atoms with Gasteiger partial charge in [0.2, 0.25) is 0 Å². The molecular weight excluding hydrogens is 296 g/mol. The van der Waals surface area contributed by atoms with E-state index >= 15 is 0 Å². The second-order valence-electron chi connectivity index (χ2n) is 5.41. The molecule has 0 bridgehead atoms. The van der Waals surface area contributed by atoms with Crippen LogP contribution in [0.4, 0.5) is 0 Å². The van der Waals surface area contributed by atoms with Gasteiger partial charge in [0, 0.05) is 6.42 Å². The lowest BCUT2D eigenvalue weighted by Crippen LogP contribution is -2.02. The Kier molecular flexibility index (Phi) is 17.8. The fourth-order valence-corrected chi connectivity index (χ4v) is 1.97. The van der Waals surface area contributed by atoms with E-state index in [1.807, 2.05) is 6.92 Å². The zero-order valence-corrected chi connectivity index (χ0v) is 15.5. The summed E-state index contributed by atoms with van der Waals surface area (Å²) in [6, 6.07) is 0. The van der Waals surface area contributed by atoms with Crippen LogP contribution >= 0.6 is 0 Å². The number of ether oxygens (including phenoxy) is 1. The van der Waals surface area contributed by atoms with Crippen LogP contribution in [0.25, 0.3) is 0 Å². The van der Waals surface area contributed by atoms with Crippen molar-refractivity contribution in [3.8, 4) is 0 Å². The van der Waals surface area contributed by atoms with Crippen LogP contribution in [0.5, 0.6) is 0 Å². The van der Waals surface area contributed by atoms with Gasteiger partial charge >= 0.3 is 5.97 Å². The summed E-state index contributed by atoms with van der Waals surface area (Å²) in [4.78, 5) is 11.1. The molecule has 0 N–H and O–H groups in total. The van der Waals surface area contributed by atoms with Crippen LogP contribution in [-0.4, -0.2) is 12.6 Å². The minimum absolute atomic E-state index is 0.0927. The number of unbranched alkanes of at least 4 members (excludes halogenated alkanes) is 1. The first-order valence-electron chi connectivity index (χ1n) is 9.21. The normalized spacial score (nSPS) is 12.6. The Morgan fingerprint density at radius 2 is 1.17 bits per heavy atom. The standard InChI is InChI=1S/C22H34O2/c1-3-5-6-7-8-9-10-11-12-13-14-15-16-17-18-19-20-21-22(23)24-4-2/h5-6,8-9,11-12,14-15,17-18H,3-4,7,10,13,16,19-21H2,1-2H3/b6-5?,9-8?,12-11?,15-14?,18-17-. The molecular formula is C22H34O2. The molecule has 0 unspecified atom stereocenters. The molecule has 0 spiro atoms. The topological polar surface area (TPSA) is 26.3 Å². The van der Waals surface area contributed by atoms with Crippen molar-refractivity contribution in [3.63, 3.8) is 0 Å². The molecule has 24 heavy (non-hydrogen) atoms. The Bertz CT molecular complexity index is 425. The highest BCUT2D eigenvalue weighted by atomic mass is 16.5. The van der Waals surface area contributed by atoms with Crippen molar-refractivity contribution in [1.82, 2.24) is 0 Å². The SMILES string of the molecule is CCC=CCC=CCC=CCC=CC/C=C\CCCC(=O)OCC. The van der Waals surface area contributed by atoms with Gasteiger partial charge in [-0.25, -0.2) is 0 Å². The molecule has 0 radical (unpaired) electrons. The molecule has 0 amide bonds. The highest BCUT2D eigenvalue weighted by molar-refractivity contribution is 5.69. The largest absolute Gasteiger partial charge is 0.466 e. The molecule has 0 rings (SSSR count). The van der Waals surface area contributed by atoms with Crippen LogP contribution < -0.4 is 0 Å². The predicted octanol–water partition coefficient (Wildman–Crippen LogP) is 6.47. The van der Waals surface area contributed by atoms with E-state index in [-0.39, 0.29) is 5.97 Å². The molecule has 0 aromatic heterocycles. The molecule has 0 aromatic rings. The Labute approximate surface area is 148 Å². The van der Waals surface area contributed by atoms with Gasteiger partial charge in [-0.05, 0) is 51.9 Å². The first-order valence-corrected chi connectivity index (χ1v) is 9.21. The Hall–Kier alpha value is -1.83. The van der Waals surface area contributed by atoms with Crippen LogP contribution in [0.2, 0.25) is 0 Å². The van der Waals surface area contributed by atoms with Gasteiger partial charge in [-0.1, -0.05) is 67.7 Å². The molecule has 0 aliphatic heterocycles. The van der Waals surface area contributed by atoms with E-state index in [4.69, 9.17) is 4.74 Å². The number of esters is 1.